The van der Waals surface area contributed by atoms with Crippen LogP contribution in [0.3, 0.4) is 0 Å². The highest BCUT2D eigenvalue weighted by molar-refractivity contribution is 6.04. The number of nitrogens with zero attached hydrogens (tertiary/aromatic N) is 3. The summed E-state index contributed by atoms with van der Waals surface area (Å²) in [4.78, 5) is 15.8. The van der Waals surface area contributed by atoms with Gasteiger partial charge in [-0.1, -0.05) is 23.8 Å². The van der Waals surface area contributed by atoms with Crippen LogP contribution in [0.2, 0.25) is 0 Å². The molecule has 2 aromatic carbocycles. The van der Waals surface area contributed by atoms with E-state index >= 15 is 0 Å². The molecular weight excluding hydrogens is 446 g/mol. The number of likely N-dealkylation sites (tertiary alicyclic amines) is 1. The lowest BCUT2D eigenvalue weighted by Crippen LogP contribution is -2.48. The monoisotopic (exact) mass is 477 g/mol. The first-order valence-electron chi connectivity index (χ1n) is 12.4. The quantitative estimate of drug-likeness (QED) is 0.671. The third-order valence-corrected chi connectivity index (χ3v) is 7.44. The van der Waals surface area contributed by atoms with Crippen LogP contribution in [0.4, 0.5) is 0 Å². The Kier molecular flexibility index (Phi) is 5.75. The second-order valence-electron chi connectivity index (χ2n) is 9.82. The van der Waals surface area contributed by atoms with Crippen molar-refractivity contribution in [1.29, 1.82) is 0 Å². The Hall–Kier alpha value is -2.94. The number of hydrazone groups is 1. The fraction of sp³-hybridized carbons (Fsp3) is 0.481. The van der Waals surface area contributed by atoms with Crippen molar-refractivity contribution in [3.8, 4) is 11.5 Å². The normalized spacial score (nSPS) is 23.2. The Morgan fingerprint density at radius 1 is 1.03 bits per heavy atom. The average molecular weight is 478 g/mol. The van der Waals surface area contributed by atoms with E-state index in [0.29, 0.717) is 31.9 Å². The highest BCUT2D eigenvalue weighted by Gasteiger charge is 2.41. The zero-order chi connectivity index (χ0) is 24.0. The van der Waals surface area contributed by atoms with Gasteiger partial charge in [-0.3, -0.25) is 9.69 Å². The lowest BCUT2D eigenvalue weighted by Gasteiger charge is -2.37. The van der Waals surface area contributed by atoms with Crippen LogP contribution >= 0.6 is 0 Å². The van der Waals surface area contributed by atoms with Crippen molar-refractivity contribution in [2.24, 2.45) is 5.10 Å². The molecule has 4 heterocycles. The molecule has 0 aromatic heterocycles. The number of amides is 1. The molecule has 8 nitrogen and oxygen atoms in total. The zero-order valence-corrected chi connectivity index (χ0v) is 20.3. The summed E-state index contributed by atoms with van der Waals surface area (Å²) in [5.74, 6) is 1.00. The molecule has 6 rings (SSSR count). The Morgan fingerprint density at radius 2 is 1.80 bits per heavy atom. The first-order chi connectivity index (χ1) is 17.0. The van der Waals surface area contributed by atoms with E-state index in [2.05, 4.69) is 36.9 Å². The van der Waals surface area contributed by atoms with E-state index < -0.39 is 5.79 Å². The summed E-state index contributed by atoms with van der Waals surface area (Å²) in [6.07, 6.45) is 2.21. The van der Waals surface area contributed by atoms with E-state index in [9.17, 15) is 4.79 Å². The summed E-state index contributed by atoms with van der Waals surface area (Å²) >= 11 is 0. The van der Waals surface area contributed by atoms with Gasteiger partial charge in [0, 0.05) is 37.9 Å². The summed E-state index contributed by atoms with van der Waals surface area (Å²) < 4.78 is 22.8. The van der Waals surface area contributed by atoms with Crippen LogP contribution in [0.1, 0.15) is 47.6 Å². The maximum Gasteiger partial charge on any atom is 0.257 e. The van der Waals surface area contributed by atoms with Crippen LogP contribution < -0.4 is 9.47 Å². The molecule has 0 saturated carbocycles. The van der Waals surface area contributed by atoms with Gasteiger partial charge in [-0.05, 0) is 43.2 Å². The van der Waals surface area contributed by atoms with Crippen LogP contribution in [-0.4, -0.2) is 67.0 Å². The van der Waals surface area contributed by atoms with E-state index in [1.807, 2.05) is 18.2 Å². The van der Waals surface area contributed by atoms with Crippen molar-refractivity contribution in [2.75, 3.05) is 39.6 Å². The minimum Gasteiger partial charge on any atom is -0.454 e. The first kappa shape index (κ1) is 22.5. The molecule has 4 aliphatic heterocycles. The third kappa shape index (κ3) is 4.30. The highest BCUT2D eigenvalue weighted by Crippen LogP contribution is 2.40. The van der Waals surface area contributed by atoms with Crippen molar-refractivity contribution in [2.45, 2.75) is 44.9 Å². The van der Waals surface area contributed by atoms with Gasteiger partial charge in [-0.25, -0.2) is 5.01 Å². The number of carbonyl (C=O) groups is 1. The predicted octanol–water partition coefficient (Wildman–Crippen LogP) is 3.55. The van der Waals surface area contributed by atoms with Gasteiger partial charge in [0.25, 0.3) is 5.91 Å². The molecule has 0 radical (unpaired) electrons. The number of fused-ring (bicyclic) bond motifs is 1. The first-order valence-corrected chi connectivity index (χ1v) is 12.4. The molecule has 2 saturated heterocycles. The maximum atomic E-state index is 13.6. The fourth-order valence-corrected chi connectivity index (χ4v) is 5.43. The molecule has 0 aliphatic carbocycles. The van der Waals surface area contributed by atoms with Crippen LogP contribution in [0.5, 0.6) is 11.5 Å². The smallest absolute Gasteiger partial charge is 0.257 e. The number of aryl methyl sites for hydroxylation is 2. The standard InChI is InChI=1S/C27H31N3O5/c1-18-3-4-19(2)21(13-18)22-15-23(20-5-6-24-25(14-20)33-17-32-24)30(28-22)26(31)16-29-9-7-27(8-10-29)34-11-12-35-27/h3-6,13-14,23H,7-12,15-17H2,1-2H3. The van der Waals surface area contributed by atoms with E-state index in [1.165, 1.54) is 5.56 Å². The van der Waals surface area contributed by atoms with E-state index in [0.717, 1.165) is 54.1 Å². The van der Waals surface area contributed by atoms with Gasteiger partial charge in [0.1, 0.15) is 0 Å². The number of hydrogen-bond acceptors (Lipinski definition) is 7. The molecule has 0 N–H and O–H groups in total. The summed E-state index contributed by atoms with van der Waals surface area (Å²) in [5.41, 5.74) is 5.37. The van der Waals surface area contributed by atoms with E-state index in [-0.39, 0.29) is 18.7 Å². The number of ether oxygens (including phenoxy) is 4. The zero-order valence-electron chi connectivity index (χ0n) is 20.3. The Balaban J connectivity index is 1.25. The summed E-state index contributed by atoms with van der Waals surface area (Å²) in [5, 5.41) is 6.58. The fourth-order valence-electron chi connectivity index (χ4n) is 5.43. The maximum absolute atomic E-state index is 13.6. The minimum atomic E-state index is -0.448. The lowest BCUT2D eigenvalue weighted by atomic mass is 9.95. The molecular formula is C27H31N3O5. The molecule has 1 spiro atoms. The lowest BCUT2D eigenvalue weighted by molar-refractivity contribution is -0.186. The van der Waals surface area contributed by atoms with Gasteiger partial charge in [-0.15, -0.1) is 0 Å². The highest BCUT2D eigenvalue weighted by atomic mass is 16.7. The van der Waals surface area contributed by atoms with Gasteiger partial charge in [0.15, 0.2) is 17.3 Å². The van der Waals surface area contributed by atoms with Crippen LogP contribution in [0.15, 0.2) is 41.5 Å². The van der Waals surface area contributed by atoms with Crippen molar-refractivity contribution in [3.05, 3.63) is 58.7 Å². The SMILES string of the molecule is Cc1ccc(C)c(C2=NN(C(=O)CN3CCC4(CC3)OCCO4)C(c3ccc4c(c3)OCO4)C2)c1. The largest absolute Gasteiger partial charge is 0.454 e. The molecule has 4 aliphatic rings. The molecule has 1 atom stereocenters. The molecule has 0 bridgehead atoms. The van der Waals surface area contributed by atoms with Gasteiger partial charge < -0.3 is 18.9 Å². The Labute approximate surface area is 205 Å². The molecule has 184 valence electrons. The molecule has 2 aromatic rings. The van der Waals surface area contributed by atoms with Crippen LogP contribution in [0, 0.1) is 13.8 Å². The average Bonchev–Trinajstić information content (AvgIpc) is 3.61. The number of rotatable bonds is 4. The van der Waals surface area contributed by atoms with Gasteiger partial charge in [-0.2, -0.15) is 5.10 Å². The molecule has 35 heavy (non-hydrogen) atoms. The summed E-state index contributed by atoms with van der Waals surface area (Å²) in [6.45, 7) is 7.55. The molecule has 1 amide bonds. The van der Waals surface area contributed by atoms with E-state index in [4.69, 9.17) is 24.0 Å². The van der Waals surface area contributed by atoms with E-state index in [1.54, 1.807) is 5.01 Å². The second kappa shape index (κ2) is 8.93. The van der Waals surface area contributed by atoms with Crippen molar-refractivity contribution in [3.63, 3.8) is 0 Å². The van der Waals surface area contributed by atoms with Crippen LogP contribution in [0.25, 0.3) is 0 Å². The molecule has 8 heteroatoms. The predicted molar refractivity (Wildman–Crippen MR) is 130 cm³/mol. The number of benzene rings is 2. The van der Waals surface area contributed by atoms with Crippen molar-refractivity contribution >= 4 is 11.6 Å². The summed E-state index contributed by atoms with van der Waals surface area (Å²) in [7, 11) is 0. The number of piperidine rings is 1. The van der Waals surface area contributed by atoms with Crippen LogP contribution in [-0.2, 0) is 14.3 Å². The number of carbonyl (C=O) groups excluding carboxylic acids is 1. The molecule has 2 fully saturated rings. The van der Waals surface area contributed by atoms with Crippen molar-refractivity contribution in [1.82, 2.24) is 9.91 Å². The van der Waals surface area contributed by atoms with Gasteiger partial charge in [0.2, 0.25) is 6.79 Å². The minimum absolute atomic E-state index is 0.00261. The second-order valence-corrected chi connectivity index (χ2v) is 9.82. The molecule has 1 unspecified atom stereocenters. The Bertz CT molecular complexity index is 1160. The van der Waals surface area contributed by atoms with Crippen molar-refractivity contribution < 1.29 is 23.7 Å². The van der Waals surface area contributed by atoms with Gasteiger partial charge in [0.05, 0.1) is 31.5 Å². The van der Waals surface area contributed by atoms with Gasteiger partial charge >= 0.3 is 0 Å². The third-order valence-electron chi connectivity index (χ3n) is 7.44. The Morgan fingerprint density at radius 3 is 2.60 bits per heavy atom. The topological polar surface area (TPSA) is 72.8 Å². The number of hydrogen-bond donors (Lipinski definition) is 0. The summed E-state index contributed by atoms with van der Waals surface area (Å²) in [6, 6.07) is 12.1.